The number of hydrogen-bond acceptors (Lipinski definition) is 1. The molecule has 1 aromatic carbocycles. The molecular weight excluding hydrogens is 238 g/mol. The molecule has 2 heteroatoms. The summed E-state index contributed by atoms with van der Waals surface area (Å²) in [5.41, 5.74) is 1.39. The summed E-state index contributed by atoms with van der Waals surface area (Å²) in [6.45, 7) is 8.88. The fourth-order valence-electron chi connectivity index (χ4n) is 1.72. The molecule has 0 aliphatic carbocycles. The highest BCUT2D eigenvalue weighted by Crippen LogP contribution is 2.21. The number of nitrogens with zero attached hydrogens (tertiary/aromatic N) is 1. The van der Waals surface area contributed by atoms with Gasteiger partial charge < -0.3 is 0 Å². The average Bonchev–Trinajstić information content (AvgIpc) is 2.20. The molecule has 0 N–H and O–H groups in total. The molecule has 0 aromatic heterocycles. The van der Waals surface area contributed by atoms with Crippen molar-refractivity contribution in [3.8, 4) is 0 Å². The first-order valence-electron chi connectivity index (χ1n) is 5.18. The lowest BCUT2D eigenvalue weighted by Crippen LogP contribution is -2.26. The summed E-state index contributed by atoms with van der Waals surface area (Å²) in [6.07, 6.45) is 0. The zero-order valence-corrected chi connectivity index (χ0v) is 10.7. The molecule has 0 unspecified atom stereocenters. The normalized spacial score (nSPS) is 13.2. The first-order chi connectivity index (χ1) is 6.69. The second kappa shape index (κ2) is 5.52. The molecule has 0 amide bonds. The van der Waals surface area contributed by atoms with Crippen LogP contribution in [0.2, 0.25) is 0 Å². The molecule has 0 radical (unpaired) electrons. The topological polar surface area (TPSA) is 3.24 Å². The quantitative estimate of drug-likeness (QED) is 0.790. The van der Waals surface area contributed by atoms with Crippen LogP contribution in [0.4, 0.5) is 0 Å². The van der Waals surface area contributed by atoms with Gasteiger partial charge in [-0.2, -0.15) is 0 Å². The van der Waals surface area contributed by atoms with Crippen LogP contribution in [0.15, 0.2) is 28.7 Å². The summed E-state index contributed by atoms with van der Waals surface area (Å²) >= 11 is 3.45. The van der Waals surface area contributed by atoms with Gasteiger partial charge in [-0.15, -0.1) is 0 Å². The largest absolute Gasteiger partial charge is 0.297 e. The summed E-state index contributed by atoms with van der Waals surface area (Å²) in [5, 5.41) is 0. The van der Waals surface area contributed by atoms with Crippen molar-refractivity contribution < 1.29 is 0 Å². The first kappa shape index (κ1) is 11.7. The van der Waals surface area contributed by atoms with Gasteiger partial charge in [-0.05, 0) is 37.7 Å². The Morgan fingerprint density at radius 1 is 1.14 bits per heavy atom. The second-order valence-electron chi connectivity index (χ2n) is 3.45. The summed E-state index contributed by atoms with van der Waals surface area (Å²) in [4.78, 5) is 2.45. The van der Waals surface area contributed by atoms with Gasteiger partial charge in [0.25, 0.3) is 0 Å². The van der Waals surface area contributed by atoms with E-state index in [1.54, 1.807) is 0 Å². The third-order valence-electron chi connectivity index (χ3n) is 2.71. The minimum Gasteiger partial charge on any atom is -0.297 e. The molecule has 0 saturated carbocycles. The summed E-state index contributed by atoms with van der Waals surface area (Å²) < 4.78 is 1.15. The van der Waals surface area contributed by atoms with Crippen LogP contribution >= 0.6 is 15.9 Å². The monoisotopic (exact) mass is 255 g/mol. The van der Waals surface area contributed by atoms with E-state index in [-0.39, 0.29) is 0 Å². The van der Waals surface area contributed by atoms with Gasteiger partial charge in [0.15, 0.2) is 0 Å². The molecule has 0 aliphatic heterocycles. The van der Waals surface area contributed by atoms with Crippen LogP contribution in [0.5, 0.6) is 0 Å². The van der Waals surface area contributed by atoms with E-state index in [1.807, 2.05) is 0 Å². The van der Waals surface area contributed by atoms with Gasteiger partial charge in [-0.25, -0.2) is 0 Å². The fourth-order valence-corrected chi connectivity index (χ4v) is 1.99. The van der Waals surface area contributed by atoms with Gasteiger partial charge in [-0.3, -0.25) is 4.90 Å². The number of rotatable bonds is 4. The number of benzene rings is 1. The van der Waals surface area contributed by atoms with Gasteiger partial charge in [0.05, 0.1) is 0 Å². The molecule has 0 spiro atoms. The van der Waals surface area contributed by atoms with E-state index in [4.69, 9.17) is 0 Å². The molecule has 0 fully saturated rings. The van der Waals surface area contributed by atoms with Crippen molar-refractivity contribution in [2.75, 3.05) is 13.1 Å². The van der Waals surface area contributed by atoms with E-state index in [0.29, 0.717) is 6.04 Å². The summed E-state index contributed by atoms with van der Waals surface area (Å²) in [6, 6.07) is 9.10. The van der Waals surface area contributed by atoms with Gasteiger partial charge in [0.1, 0.15) is 0 Å². The van der Waals surface area contributed by atoms with Crippen molar-refractivity contribution in [2.24, 2.45) is 0 Å². The molecular formula is C12H18BrN. The lowest BCUT2D eigenvalue weighted by molar-refractivity contribution is 0.234. The molecule has 1 nitrogen and oxygen atoms in total. The molecule has 0 saturated heterocycles. The Morgan fingerprint density at radius 3 is 2.07 bits per heavy atom. The Hall–Kier alpha value is -0.340. The lowest BCUT2D eigenvalue weighted by atomic mass is 10.1. The van der Waals surface area contributed by atoms with Crippen molar-refractivity contribution in [3.63, 3.8) is 0 Å². The molecule has 1 rings (SSSR count). The Labute approximate surface area is 95.2 Å². The van der Waals surface area contributed by atoms with E-state index in [2.05, 4.69) is 65.9 Å². The number of hydrogen-bond donors (Lipinski definition) is 0. The van der Waals surface area contributed by atoms with Crippen molar-refractivity contribution in [3.05, 3.63) is 34.3 Å². The third-order valence-corrected chi connectivity index (χ3v) is 3.24. The predicted molar refractivity (Wildman–Crippen MR) is 65.5 cm³/mol. The van der Waals surface area contributed by atoms with E-state index in [0.717, 1.165) is 17.6 Å². The van der Waals surface area contributed by atoms with Gasteiger partial charge in [0, 0.05) is 10.5 Å². The maximum absolute atomic E-state index is 3.45. The molecule has 0 bridgehead atoms. The average molecular weight is 256 g/mol. The fraction of sp³-hybridized carbons (Fsp3) is 0.500. The van der Waals surface area contributed by atoms with E-state index in [9.17, 15) is 0 Å². The predicted octanol–water partition coefficient (Wildman–Crippen LogP) is 3.85. The summed E-state index contributed by atoms with van der Waals surface area (Å²) in [5.74, 6) is 0. The Bertz CT molecular complexity index is 264. The number of halogens is 1. The Kier molecular flexibility index (Phi) is 4.63. The van der Waals surface area contributed by atoms with Gasteiger partial charge >= 0.3 is 0 Å². The highest BCUT2D eigenvalue weighted by atomic mass is 79.9. The minimum absolute atomic E-state index is 0.512. The van der Waals surface area contributed by atoms with Crippen LogP contribution in [-0.2, 0) is 0 Å². The van der Waals surface area contributed by atoms with E-state index >= 15 is 0 Å². The molecule has 1 aromatic rings. The van der Waals surface area contributed by atoms with E-state index in [1.165, 1.54) is 5.56 Å². The SMILES string of the molecule is CCN(CC)[C@H](C)c1ccc(Br)cc1. The maximum Gasteiger partial charge on any atom is 0.0319 e. The summed E-state index contributed by atoms with van der Waals surface area (Å²) in [7, 11) is 0. The highest BCUT2D eigenvalue weighted by molar-refractivity contribution is 9.10. The van der Waals surface area contributed by atoms with Gasteiger partial charge in [-0.1, -0.05) is 41.9 Å². The van der Waals surface area contributed by atoms with Crippen LogP contribution in [0.25, 0.3) is 0 Å². The smallest absolute Gasteiger partial charge is 0.0319 e. The lowest BCUT2D eigenvalue weighted by Gasteiger charge is -2.26. The maximum atomic E-state index is 3.45. The van der Waals surface area contributed by atoms with Crippen molar-refractivity contribution >= 4 is 15.9 Å². The van der Waals surface area contributed by atoms with Gasteiger partial charge in [0.2, 0.25) is 0 Å². The van der Waals surface area contributed by atoms with Crippen molar-refractivity contribution in [1.82, 2.24) is 4.90 Å². The minimum atomic E-state index is 0.512. The first-order valence-corrected chi connectivity index (χ1v) is 5.97. The van der Waals surface area contributed by atoms with Crippen LogP contribution < -0.4 is 0 Å². The molecule has 1 atom stereocenters. The Morgan fingerprint density at radius 2 is 1.64 bits per heavy atom. The zero-order chi connectivity index (χ0) is 10.6. The van der Waals surface area contributed by atoms with Crippen LogP contribution in [0.1, 0.15) is 32.4 Å². The Balaban J connectivity index is 2.77. The second-order valence-corrected chi connectivity index (χ2v) is 4.36. The molecule has 78 valence electrons. The van der Waals surface area contributed by atoms with Crippen LogP contribution in [0.3, 0.4) is 0 Å². The van der Waals surface area contributed by atoms with Crippen LogP contribution in [-0.4, -0.2) is 18.0 Å². The highest BCUT2D eigenvalue weighted by Gasteiger charge is 2.11. The van der Waals surface area contributed by atoms with Crippen molar-refractivity contribution in [2.45, 2.75) is 26.8 Å². The van der Waals surface area contributed by atoms with Crippen LogP contribution in [0, 0.1) is 0 Å². The standard InChI is InChI=1S/C12H18BrN/c1-4-14(5-2)10(3)11-6-8-12(13)9-7-11/h6-10H,4-5H2,1-3H3/t10-/m1/s1. The van der Waals surface area contributed by atoms with Crippen molar-refractivity contribution in [1.29, 1.82) is 0 Å². The molecule has 0 aliphatic rings. The van der Waals surface area contributed by atoms with E-state index < -0.39 is 0 Å². The molecule has 14 heavy (non-hydrogen) atoms. The third kappa shape index (κ3) is 2.82. The zero-order valence-electron chi connectivity index (χ0n) is 9.13. The molecule has 0 heterocycles.